The third-order valence-corrected chi connectivity index (χ3v) is 4.65. The van der Waals surface area contributed by atoms with Crippen molar-refractivity contribution in [1.82, 2.24) is 10.2 Å². The molecule has 0 spiro atoms. The van der Waals surface area contributed by atoms with Crippen LogP contribution in [0.2, 0.25) is 0 Å². The molecular weight excluding hydrogens is 363 g/mol. The lowest BCUT2D eigenvalue weighted by molar-refractivity contribution is 0.0895. The summed E-state index contributed by atoms with van der Waals surface area (Å²) in [4.78, 5) is 14.6. The first kappa shape index (κ1) is 15.8. The van der Waals surface area contributed by atoms with E-state index in [0.717, 1.165) is 22.1 Å². The van der Waals surface area contributed by atoms with Crippen LogP contribution in [0, 0.1) is 9.49 Å². The van der Waals surface area contributed by atoms with Gasteiger partial charge >= 0.3 is 0 Å². The largest absolute Gasteiger partial charge is 0.349 e. The Morgan fingerprint density at radius 3 is 2.55 bits per heavy atom. The zero-order valence-corrected chi connectivity index (χ0v) is 14.4. The molecule has 1 N–H and O–H groups in total. The zero-order valence-electron chi connectivity index (χ0n) is 12.2. The van der Waals surface area contributed by atoms with Gasteiger partial charge in [-0.25, -0.2) is 0 Å². The number of nitrogens with one attached hydrogen (secondary N) is 1. The van der Waals surface area contributed by atoms with Gasteiger partial charge in [0.05, 0.1) is 0 Å². The Bertz CT molecular complexity index is 444. The number of nitrogens with zero attached hydrogens (tertiary/aromatic N) is 1. The predicted octanol–water partition coefficient (Wildman–Crippen LogP) is 3.14. The molecule has 1 aromatic carbocycles. The van der Waals surface area contributed by atoms with E-state index in [4.69, 9.17) is 0 Å². The highest BCUT2D eigenvalue weighted by molar-refractivity contribution is 14.1. The lowest BCUT2D eigenvalue weighted by Crippen LogP contribution is -2.45. The molecule has 2 unspecified atom stereocenters. The van der Waals surface area contributed by atoms with Crippen LogP contribution in [0.4, 0.5) is 0 Å². The van der Waals surface area contributed by atoms with Gasteiger partial charge in [0.1, 0.15) is 0 Å². The average molecular weight is 386 g/mol. The van der Waals surface area contributed by atoms with E-state index in [-0.39, 0.29) is 5.91 Å². The van der Waals surface area contributed by atoms with E-state index in [1.54, 1.807) is 0 Å². The monoisotopic (exact) mass is 386 g/mol. The van der Waals surface area contributed by atoms with Gasteiger partial charge in [-0.2, -0.15) is 0 Å². The molecule has 3 nitrogen and oxygen atoms in total. The highest BCUT2D eigenvalue weighted by Crippen LogP contribution is 2.25. The highest BCUT2D eigenvalue weighted by Gasteiger charge is 2.27. The van der Waals surface area contributed by atoms with Gasteiger partial charge in [-0.3, -0.25) is 4.79 Å². The SMILES string of the molecule is CN(C)CC1CCCCC1NC(=O)c1ccc(I)cc1. The molecule has 1 amide bonds. The second kappa shape index (κ2) is 7.41. The Labute approximate surface area is 135 Å². The molecule has 0 aromatic heterocycles. The second-order valence-electron chi connectivity index (χ2n) is 5.89. The van der Waals surface area contributed by atoms with E-state index >= 15 is 0 Å². The Hall–Kier alpha value is -0.620. The quantitative estimate of drug-likeness (QED) is 0.807. The van der Waals surface area contributed by atoms with Crippen LogP contribution in [0.5, 0.6) is 0 Å². The number of hydrogen-bond donors (Lipinski definition) is 1. The Morgan fingerprint density at radius 1 is 1.25 bits per heavy atom. The zero-order chi connectivity index (χ0) is 14.5. The second-order valence-corrected chi connectivity index (χ2v) is 7.14. The molecule has 1 aliphatic rings. The van der Waals surface area contributed by atoms with Gasteiger partial charge in [-0.05, 0) is 79.7 Å². The number of carbonyl (C=O) groups excluding carboxylic acids is 1. The van der Waals surface area contributed by atoms with Gasteiger partial charge in [0.2, 0.25) is 0 Å². The maximum Gasteiger partial charge on any atom is 0.251 e. The molecule has 2 atom stereocenters. The lowest BCUT2D eigenvalue weighted by Gasteiger charge is -2.34. The minimum absolute atomic E-state index is 0.0667. The summed E-state index contributed by atoms with van der Waals surface area (Å²) in [5.41, 5.74) is 0.764. The summed E-state index contributed by atoms with van der Waals surface area (Å²) in [5, 5.41) is 3.24. The van der Waals surface area contributed by atoms with Gasteiger partial charge < -0.3 is 10.2 Å². The van der Waals surface area contributed by atoms with Crippen LogP contribution >= 0.6 is 22.6 Å². The van der Waals surface area contributed by atoms with Crippen molar-refractivity contribution in [2.45, 2.75) is 31.7 Å². The molecule has 0 heterocycles. The van der Waals surface area contributed by atoms with E-state index in [1.165, 1.54) is 19.3 Å². The topological polar surface area (TPSA) is 32.3 Å². The Balaban J connectivity index is 1.99. The van der Waals surface area contributed by atoms with Crippen LogP contribution in [0.1, 0.15) is 36.0 Å². The molecule has 1 aromatic rings. The minimum Gasteiger partial charge on any atom is -0.349 e. The van der Waals surface area contributed by atoms with Crippen molar-refractivity contribution in [1.29, 1.82) is 0 Å². The standard InChI is InChI=1S/C16H23IN2O/c1-19(2)11-13-5-3-4-6-15(13)18-16(20)12-7-9-14(17)10-8-12/h7-10,13,15H,3-6,11H2,1-2H3,(H,18,20). The first-order valence-electron chi connectivity index (χ1n) is 7.27. The summed E-state index contributed by atoms with van der Waals surface area (Å²) in [5.74, 6) is 0.642. The van der Waals surface area contributed by atoms with Crippen LogP contribution in [-0.2, 0) is 0 Å². The summed E-state index contributed by atoms with van der Waals surface area (Å²) in [6, 6.07) is 8.08. The van der Waals surface area contributed by atoms with Crippen LogP contribution in [0.3, 0.4) is 0 Å². The van der Waals surface area contributed by atoms with Crippen LogP contribution in [0.15, 0.2) is 24.3 Å². The number of halogens is 1. The summed E-state index contributed by atoms with van der Waals surface area (Å²) in [6.45, 7) is 1.05. The number of carbonyl (C=O) groups is 1. The van der Waals surface area contributed by atoms with Crippen molar-refractivity contribution < 1.29 is 4.79 Å². The molecular formula is C16H23IN2O. The Kier molecular flexibility index (Phi) is 5.84. The molecule has 0 radical (unpaired) electrons. The maximum absolute atomic E-state index is 12.3. The molecule has 0 bridgehead atoms. The molecule has 1 fully saturated rings. The fraction of sp³-hybridized carbons (Fsp3) is 0.562. The summed E-state index contributed by atoms with van der Waals surface area (Å²) in [6.07, 6.45) is 4.83. The Morgan fingerprint density at radius 2 is 1.90 bits per heavy atom. The predicted molar refractivity (Wildman–Crippen MR) is 90.9 cm³/mol. The van der Waals surface area contributed by atoms with Crippen molar-refractivity contribution in [2.75, 3.05) is 20.6 Å². The summed E-state index contributed by atoms with van der Waals surface area (Å²) < 4.78 is 1.15. The van der Waals surface area contributed by atoms with Crippen molar-refractivity contribution in [3.05, 3.63) is 33.4 Å². The summed E-state index contributed by atoms with van der Waals surface area (Å²) >= 11 is 2.25. The van der Waals surface area contributed by atoms with Gasteiger partial charge in [0.15, 0.2) is 0 Å². The molecule has 1 aliphatic carbocycles. The number of benzene rings is 1. The molecule has 0 aliphatic heterocycles. The number of amides is 1. The highest BCUT2D eigenvalue weighted by atomic mass is 127. The first-order valence-corrected chi connectivity index (χ1v) is 8.35. The molecule has 20 heavy (non-hydrogen) atoms. The van der Waals surface area contributed by atoms with Crippen molar-refractivity contribution in [3.8, 4) is 0 Å². The third-order valence-electron chi connectivity index (χ3n) is 3.93. The minimum atomic E-state index is 0.0667. The van der Waals surface area contributed by atoms with Gasteiger partial charge in [-0.15, -0.1) is 0 Å². The maximum atomic E-state index is 12.3. The van der Waals surface area contributed by atoms with Crippen LogP contribution in [0.25, 0.3) is 0 Å². The van der Waals surface area contributed by atoms with Crippen molar-refractivity contribution >= 4 is 28.5 Å². The van der Waals surface area contributed by atoms with Gasteiger partial charge in [0.25, 0.3) is 5.91 Å². The lowest BCUT2D eigenvalue weighted by atomic mass is 9.84. The van der Waals surface area contributed by atoms with E-state index in [0.29, 0.717) is 12.0 Å². The molecule has 0 saturated heterocycles. The average Bonchev–Trinajstić information content (AvgIpc) is 2.41. The molecule has 110 valence electrons. The fourth-order valence-corrected chi connectivity index (χ4v) is 3.30. The smallest absolute Gasteiger partial charge is 0.251 e. The number of rotatable bonds is 4. The van der Waals surface area contributed by atoms with Gasteiger partial charge in [0, 0.05) is 21.7 Å². The van der Waals surface area contributed by atoms with E-state index in [2.05, 4.69) is 46.9 Å². The van der Waals surface area contributed by atoms with E-state index in [1.807, 2.05) is 24.3 Å². The normalized spacial score (nSPS) is 22.8. The van der Waals surface area contributed by atoms with E-state index < -0.39 is 0 Å². The van der Waals surface area contributed by atoms with Crippen LogP contribution in [-0.4, -0.2) is 37.5 Å². The molecule has 4 heteroatoms. The summed E-state index contributed by atoms with van der Waals surface area (Å²) in [7, 11) is 4.21. The molecule has 1 saturated carbocycles. The van der Waals surface area contributed by atoms with E-state index in [9.17, 15) is 4.79 Å². The number of hydrogen-bond acceptors (Lipinski definition) is 2. The van der Waals surface area contributed by atoms with Crippen molar-refractivity contribution in [2.24, 2.45) is 5.92 Å². The fourth-order valence-electron chi connectivity index (χ4n) is 2.94. The van der Waals surface area contributed by atoms with Gasteiger partial charge in [-0.1, -0.05) is 12.8 Å². The van der Waals surface area contributed by atoms with Crippen LogP contribution < -0.4 is 5.32 Å². The first-order chi connectivity index (χ1) is 9.56. The third kappa shape index (κ3) is 4.45. The molecule has 2 rings (SSSR count). The van der Waals surface area contributed by atoms with Crippen molar-refractivity contribution in [3.63, 3.8) is 0 Å².